The first-order valence-corrected chi connectivity index (χ1v) is 9.02. The quantitative estimate of drug-likeness (QED) is 0.528. The average molecular weight is 382 g/mol. The van der Waals surface area contributed by atoms with Gasteiger partial charge in [0, 0.05) is 17.8 Å². The lowest BCUT2D eigenvalue weighted by Gasteiger charge is -2.45. The summed E-state index contributed by atoms with van der Waals surface area (Å²) in [6.45, 7) is 0.260. The number of hydrogen-bond donors (Lipinski definition) is 0. The first-order chi connectivity index (χ1) is 11.5. The molecule has 2 aromatic carbocycles. The topological polar surface area (TPSA) is 26.3 Å². The molecular weight excluding hydrogens is 367 g/mol. The van der Waals surface area contributed by atoms with E-state index in [2.05, 4.69) is 48.5 Å². The predicted molar refractivity (Wildman–Crippen MR) is 95.9 cm³/mol. The highest BCUT2D eigenvalue weighted by Gasteiger charge is 2.44. The molecule has 5 heteroatoms. The second-order valence-corrected chi connectivity index (χ2v) is 8.66. The minimum absolute atomic E-state index is 0.191. The van der Waals surface area contributed by atoms with Crippen molar-refractivity contribution in [1.82, 2.24) is 0 Å². The number of carbonyl (C=O) groups excluding carboxylic acids is 1. The van der Waals surface area contributed by atoms with E-state index >= 15 is 0 Å². The number of esters is 1. The van der Waals surface area contributed by atoms with Crippen LogP contribution in [0.25, 0.3) is 0 Å². The maximum Gasteiger partial charge on any atom is 0.358 e. The van der Waals surface area contributed by atoms with Gasteiger partial charge in [-0.1, -0.05) is 83.3 Å². The fraction of sp³-hybridized carbons (Fsp3) is 0.316. The van der Waals surface area contributed by atoms with Gasteiger partial charge < -0.3 is 4.74 Å². The van der Waals surface area contributed by atoms with Crippen LogP contribution in [0, 0.1) is 5.92 Å². The van der Waals surface area contributed by atoms with Crippen molar-refractivity contribution in [3.05, 3.63) is 70.8 Å². The van der Waals surface area contributed by atoms with E-state index < -0.39 is 9.76 Å². The van der Waals surface area contributed by atoms with Gasteiger partial charge in [0.15, 0.2) is 0 Å². The van der Waals surface area contributed by atoms with Crippen LogP contribution < -0.4 is 0 Å². The first-order valence-electron chi connectivity index (χ1n) is 7.88. The fourth-order valence-electron chi connectivity index (χ4n) is 4.19. The molecule has 0 saturated heterocycles. The summed E-state index contributed by atoms with van der Waals surface area (Å²) in [6, 6.07) is 17.0. The van der Waals surface area contributed by atoms with Crippen LogP contribution in [-0.4, -0.2) is 16.4 Å². The number of carbonyl (C=O) groups is 1. The summed E-state index contributed by atoms with van der Waals surface area (Å²) in [5.74, 6) is -0.0731. The van der Waals surface area contributed by atoms with Gasteiger partial charge in [0.2, 0.25) is 0 Å². The third-order valence-electron chi connectivity index (χ3n) is 5.08. The van der Waals surface area contributed by atoms with Crippen LogP contribution in [0.4, 0.5) is 0 Å². The van der Waals surface area contributed by atoms with E-state index in [1.165, 1.54) is 22.3 Å². The molecule has 0 radical (unpaired) electrons. The van der Waals surface area contributed by atoms with Crippen LogP contribution in [0.15, 0.2) is 48.5 Å². The van der Waals surface area contributed by atoms with Gasteiger partial charge in [-0.2, -0.15) is 0 Å². The SMILES string of the molecule is O=C(OC[C@H]1CC2c3ccccc3C1c1ccccc12)C(Cl)(Cl)Cl. The van der Waals surface area contributed by atoms with E-state index in [0.29, 0.717) is 5.92 Å². The Morgan fingerprint density at radius 3 is 1.96 bits per heavy atom. The molecule has 0 fully saturated rings. The number of rotatable bonds is 2. The summed E-state index contributed by atoms with van der Waals surface area (Å²) in [5, 5.41) is 0. The summed E-state index contributed by atoms with van der Waals surface area (Å²) < 4.78 is 3.27. The van der Waals surface area contributed by atoms with Gasteiger partial charge in [-0.3, -0.25) is 0 Å². The van der Waals surface area contributed by atoms with Crippen molar-refractivity contribution in [2.45, 2.75) is 22.0 Å². The zero-order valence-corrected chi connectivity index (χ0v) is 15.0. The van der Waals surface area contributed by atoms with Gasteiger partial charge in [0.1, 0.15) is 0 Å². The third-order valence-corrected chi connectivity index (χ3v) is 5.55. The fourth-order valence-corrected chi connectivity index (χ4v) is 4.35. The highest BCUT2D eigenvalue weighted by atomic mass is 35.6. The maximum atomic E-state index is 11.8. The molecule has 0 spiro atoms. The molecule has 0 heterocycles. The van der Waals surface area contributed by atoms with Crippen LogP contribution >= 0.6 is 34.8 Å². The van der Waals surface area contributed by atoms with Crippen molar-refractivity contribution in [2.24, 2.45) is 5.92 Å². The van der Waals surface area contributed by atoms with Crippen molar-refractivity contribution in [3.63, 3.8) is 0 Å². The normalized spacial score (nSPS) is 24.2. The Bertz CT molecular complexity index is 750. The number of benzene rings is 2. The van der Waals surface area contributed by atoms with E-state index in [1.54, 1.807) is 0 Å². The van der Waals surface area contributed by atoms with Crippen molar-refractivity contribution in [2.75, 3.05) is 6.61 Å². The summed E-state index contributed by atoms with van der Waals surface area (Å²) in [5.41, 5.74) is 5.40. The van der Waals surface area contributed by atoms with Crippen molar-refractivity contribution in [3.8, 4) is 0 Å². The Morgan fingerprint density at radius 2 is 1.46 bits per heavy atom. The molecular formula is C19H15Cl3O2. The van der Waals surface area contributed by atoms with E-state index in [1.807, 2.05) is 0 Å². The molecule has 0 N–H and O–H groups in total. The van der Waals surface area contributed by atoms with Crippen molar-refractivity contribution >= 4 is 40.8 Å². The van der Waals surface area contributed by atoms with Crippen molar-refractivity contribution < 1.29 is 9.53 Å². The second kappa shape index (κ2) is 5.94. The predicted octanol–water partition coefficient (Wildman–Crippen LogP) is 5.20. The average Bonchev–Trinajstić information content (AvgIpc) is 2.59. The van der Waals surface area contributed by atoms with Gasteiger partial charge in [-0.05, 0) is 28.7 Å². The molecule has 0 amide bonds. The number of fused-ring (bicyclic) bond motifs is 1. The Morgan fingerprint density at radius 1 is 0.958 bits per heavy atom. The highest BCUT2D eigenvalue weighted by Crippen LogP contribution is 2.55. The Hall–Kier alpha value is -1.22. The summed E-state index contributed by atoms with van der Waals surface area (Å²) in [4.78, 5) is 11.8. The third kappa shape index (κ3) is 2.61. The van der Waals surface area contributed by atoms with Crippen LogP contribution in [0.3, 0.4) is 0 Å². The summed E-state index contributed by atoms with van der Waals surface area (Å²) in [6.07, 6.45) is 0.936. The lowest BCUT2D eigenvalue weighted by molar-refractivity contribution is -0.144. The van der Waals surface area contributed by atoms with Crippen LogP contribution in [-0.2, 0) is 9.53 Å². The second-order valence-electron chi connectivity index (χ2n) is 6.38. The van der Waals surface area contributed by atoms with Crippen LogP contribution in [0.5, 0.6) is 0 Å². The molecule has 0 unspecified atom stereocenters. The molecule has 3 aliphatic carbocycles. The molecule has 3 aliphatic rings. The van der Waals surface area contributed by atoms with Crippen LogP contribution in [0.2, 0.25) is 0 Å². The molecule has 24 heavy (non-hydrogen) atoms. The standard InChI is InChI=1S/C19H15Cl3O2/c20-19(21,22)18(23)24-10-11-9-16-12-5-1-3-7-14(12)17(11)15-8-4-2-6-13(15)16/h1-8,11,16-17H,9-10H2/t11-,16?,17?/m1/s1. The van der Waals surface area contributed by atoms with Gasteiger partial charge >= 0.3 is 5.97 Å². The maximum absolute atomic E-state index is 11.8. The molecule has 0 saturated carbocycles. The van der Waals surface area contributed by atoms with E-state index in [4.69, 9.17) is 39.5 Å². The molecule has 0 aliphatic heterocycles. The number of alkyl halides is 3. The van der Waals surface area contributed by atoms with E-state index in [-0.39, 0.29) is 18.4 Å². The minimum atomic E-state index is -2.02. The molecule has 2 bridgehead atoms. The molecule has 0 aromatic heterocycles. The minimum Gasteiger partial charge on any atom is -0.462 e. The monoisotopic (exact) mass is 380 g/mol. The van der Waals surface area contributed by atoms with Gasteiger partial charge in [0.25, 0.3) is 3.79 Å². The number of halogens is 3. The molecule has 1 atom stereocenters. The smallest absolute Gasteiger partial charge is 0.358 e. The largest absolute Gasteiger partial charge is 0.462 e. The van der Waals surface area contributed by atoms with E-state index in [0.717, 1.165) is 6.42 Å². The van der Waals surface area contributed by atoms with Gasteiger partial charge in [-0.15, -0.1) is 0 Å². The van der Waals surface area contributed by atoms with Crippen LogP contribution in [0.1, 0.15) is 40.5 Å². The van der Waals surface area contributed by atoms with E-state index in [9.17, 15) is 4.79 Å². The van der Waals surface area contributed by atoms with Crippen molar-refractivity contribution in [1.29, 1.82) is 0 Å². The number of ether oxygens (including phenoxy) is 1. The lowest BCUT2D eigenvalue weighted by atomic mass is 9.59. The molecule has 5 rings (SSSR count). The number of hydrogen-bond acceptors (Lipinski definition) is 2. The summed E-state index contributed by atoms with van der Waals surface area (Å²) >= 11 is 16.8. The van der Waals surface area contributed by atoms with Gasteiger partial charge in [0.05, 0.1) is 6.61 Å². The summed E-state index contributed by atoms with van der Waals surface area (Å²) in [7, 11) is 0. The Balaban J connectivity index is 1.67. The molecule has 2 aromatic rings. The molecule has 2 nitrogen and oxygen atoms in total. The zero-order chi connectivity index (χ0) is 16.9. The molecule has 124 valence electrons. The first kappa shape index (κ1) is 16.3. The van der Waals surface area contributed by atoms with Gasteiger partial charge in [-0.25, -0.2) is 4.79 Å². The zero-order valence-electron chi connectivity index (χ0n) is 12.7. The highest BCUT2D eigenvalue weighted by molar-refractivity contribution is 6.75. The Kier molecular flexibility index (Phi) is 4.03. The Labute approximate surface area is 155 Å². The lowest BCUT2D eigenvalue weighted by Crippen LogP contribution is -2.36.